The maximum atomic E-state index is 12.7. The largest absolute Gasteiger partial charge is 0.573 e. The molecule has 1 aromatic heterocycles. The van der Waals surface area contributed by atoms with Gasteiger partial charge in [-0.25, -0.2) is 4.39 Å². The summed E-state index contributed by atoms with van der Waals surface area (Å²) in [7, 11) is 0. The molecule has 0 amide bonds. The van der Waals surface area contributed by atoms with E-state index in [0.717, 1.165) is 30.0 Å². The second-order valence-corrected chi connectivity index (χ2v) is 7.00. The summed E-state index contributed by atoms with van der Waals surface area (Å²) in [6.07, 6.45) is -1.47. The molecule has 0 N–H and O–H groups in total. The maximum Gasteiger partial charge on any atom is 0.573 e. The maximum absolute atomic E-state index is 12.7. The smallest absolute Gasteiger partial charge is 0.488 e. The van der Waals surface area contributed by atoms with Crippen LogP contribution >= 0.6 is 0 Å². The van der Waals surface area contributed by atoms with E-state index < -0.39 is 12.1 Å². The van der Waals surface area contributed by atoms with Gasteiger partial charge < -0.3 is 13.9 Å². The normalized spacial score (nSPS) is 12.1. The first-order valence-corrected chi connectivity index (χ1v) is 9.52. The molecule has 30 heavy (non-hydrogen) atoms. The number of rotatable bonds is 7. The third-order valence-electron chi connectivity index (χ3n) is 4.90. The van der Waals surface area contributed by atoms with Gasteiger partial charge in [0, 0.05) is 17.0 Å². The number of hydrogen-bond donors (Lipinski definition) is 0. The van der Waals surface area contributed by atoms with Crippen molar-refractivity contribution in [1.29, 1.82) is 0 Å². The average molecular weight is 422 g/mol. The number of furan rings is 1. The van der Waals surface area contributed by atoms with Crippen LogP contribution in [0, 0.1) is 13.8 Å². The Morgan fingerprint density at radius 1 is 1.03 bits per heavy atom. The number of hydrogen-bond acceptors (Lipinski definition) is 3. The van der Waals surface area contributed by atoms with Crippen LogP contribution in [0.5, 0.6) is 11.5 Å². The van der Waals surface area contributed by atoms with Crippen molar-refractivity contribution in [2.45, 2.75) is 46.6 Å². The minimum Gasteiger partial charge on any atom is -0.488 e. The summed E-state index contributed by atoms with van der Waals surface area (Å²) in [5, 5.41) is 0.356. The molecule has 0 saturated heterocycles. The minimum atomic E-state index is -4.83. The Labute approximate surface area is 171 Å². The number of benzene rings is 2. The van der Waals surface area contributed by atoms with E-state index in [2.05, 4.69) is 11.7 Å². The lowest BCUT2D eigenvalue weighted by Gasteiger charge is -2.15. The number of alkyl halides is 3. The highest BCUT2D eigenvalue weighted by molar-refractivity contribution is 5.84. The lowest BCUT2D eigenvalue weighted by molar-refractivity contribution is -0.274. The quantitative estimate of drug-likeness (QED) is 0.371. The van der Waals surface area contributed by atoms with Gasteiger partial charge >= 0.3 is 6.36 Å². The Morgan fingerprint density at radius 2 is 1.80 bits per heavy atom. The highest BCUT2D eigenvalue weighted by Crippen LogP contribution is 2.33. The van der Waals surface area contributed by atoms with E-state index in [1.54, 1.807) is 0 Å². The predicted octanol–water partition coefficient (Wildman–Crippen LogP) is 7.42. The van der Waals surface area contributed by atoms with Crippen molar-refractivity contribution in [3.63, 3.8) is 0 Å². The topological polar surface area (TPSA) is 31.6 Å². The Morgan fingerprint density at radius 3 is 2.47 bits per heavy atom. The van der Waals surface area contributed by atoms with Gasteiger partial charge in [0.1, 0.15) is 29.4 Å². The van der Waals surface area contributed by atoms with E-state index in [9.17, 15) is 17.6 Å². The van der Waals surface area contributed by atoms with Crippen molar-refractivity contribution < 1.29 is 31.5 Å². The standard InChI is InChI=1S/C23H22F4O3/c1-4-5-16-6-7-21(15(3)14(16)2)28-13-18-12-20(30-23(25,26)27)11-17-10-19(8-9-24)29-22(17)18/h6-12H,4-5,13H2,1-3H3. The van der Waals surface area contributed by atoms with Crippen molar-refractivity contribution >= 4 is 17.0 Å². The Bertz CT molecular complexity index is 1060. The first kappa shape index (κ1) is 21.7. The zero-order valence-corrected chi connectivity index (χ0v) is 16.9. The van der Waals surface area contributed by atoms with Crippen molar-refractivity contribution in [1.82, 2.24) is 0 Å². The molecule has 0 saturated carbocycles. The zero-order chi connectivity index (χ0) is 21.9. The first-order chi connectivity index (χ1) is 14.2. The van der Waals surface area contributed by atoms with Crippen LogP contribution in [0.3, 0.4) is 0 Å². The molecular formula is C23H22F4O3. The summed E-state index contributed by atoms with van der Waals surface area (Å²) in [5.41, 5.74) is 4.01. The van der Waals surface area contributed by atoms with Crippen LogP contribution in [-0.2, 0) is 13.0 Å². The molecule has 2 aromatic carbocycles. The molecule has 7 heteroatoms. The molecule has 1 heterocycles. The zero-order valence-electron chi connectivity index (χ0n) is 16.9. The van der Waals surface area contributed by atoms with Gasteiger partial charge in [-0.3, -0.25) is 0 Å². The summed E-state index contributed by atoms with van der Waals surface area (Å²) in [4.78, 5) is 0. The third kappa shape index (κ3) is 4.96. The highest BCUT2D eigenvalue weighted by Gasteiger charge is 2.31. The van der Waals surface area contributed by atoms with Gasteiger partial charge in [0.05, 0.1) is 6.33 Å². The molecule has 0 unspecified atom stereocenters. The molecule has 0 bridgehead atoms. The van der Waals surface area contributed by atoms with Crippen LogP contribution < -0.4 is 9.47 Å². The van der Waals surface area contributed by atoms with Gasteiger partial charge in [-0.05, 0) is 61.2 Å². The average Bonchev–Trinajstić information content (AvgIpc) is 3.06. The molecule has 3 nitrogen and oxygen atoms in total. The number of ether oxygens (including phenoxy) is 2. The molecule has 0 radical (unpaired) electrons. The van der Waals surface area contributed by atoms with Crippen molar-refractivity contribution in [2.24, 2.45) is 0 Å². The molecule has 0 spiro atoms. The lowest BCUT2D eigenvalue weighted by Crippen LogP contribution is -2.17. The summed E-state index contributed by atoms with van der Waals surface area (Å²) in [6.45, 7) is 6.03. The fourth-order valence-electron chi connectivity index (χ4n) is 3.36. The van der Waals surface area contributed by atoms with E-state index in [0.29, 0.717) is 28.6 Å². The molecule has 0 aliphatic heterocycles. The molecule has 160 valence electrons. The van der Waals surface area contributed by atoms with Crippen LogP contribution in [0.4, 0.5) is 17.6 Å². The number of aryl methyl sites for hydroxylation is 1. The SMILES string of the molecule is CCCc1ccc(OCc2cc(OC(F)(F)F)cc3cc(C=CF)oc23)c(C)c1C. The third-order valence-corrected chi connectivity index (χ3v) is 4.90. The first-order valence-electron chi connectivity index (χ1n) is 9.52. The molecular weight excluding hydrogens is 400 g/mol. The summed E-state index contributed by atoms with van der Waals surface area (Å²) in [5.74, 6) is 0.420. The van der Waals surface area contributed by atoms with Crippen molar-refractivity contribution in [2.75, 3.05) is 0 Å². The Kier molecular flexibility index (Phi) is 6.39. The van der Waals surface area contributed by atoms with E-state index in [4.69, 9.17) is 9.15 Å². The van der Waals surface area contributed by atoms with Gasteiger partial charge in [-0.1, -0.05) is 19.4 Å². The van der Waals surface area contributed by atoms with E-state index >= 15 is 0 Å². The summed E-state index contributed by atoms with van der Waals surface area (Å²) in [6, 6.07) is 7.71. The van der Waals surface area contributed by atoms with Crippen LogP contribution in [0.1, 0.15) is 41.4 Å². The van der Waals surface area contributed by atoms with Gasteiger partial charge in [0.15, 0.2) is 0 Å². The van der Waals surface area contributed by atoms with Gasteiger partial charge in [0.2, 0.25) is 0 Å². The van der Waals surface area contributed by atoms with E-state index in [1.807, 2.05) is 26.0 Å². The molecule has 0 aliphatic rings. The second kappa shape index (κ2) is 8.81. The molecule has 3 aromatic rings. The monoisotopic (exact) mass is 422 g/mol. The van der Waals surface area contributed by atoms with E-state index in [1.165, 1.54) is 23.8 Å². The lowest BCUT2D eigenvalue weighted by atomic mass is 9.99. The minimum absolute atomic E-state index is 0.0365. The van der Waals surface area contributed by atoms with Crippen LogP contribution in [0.2, 0.25) is 0 Å². The molecule has 0 aliphatic carbocycles. The predicted molar refractivity (Wildman–Crippen MR) is 107 cm³/mol. The summed E-state index contributed by atoms with van der Waals surface area (Å²) < 4.78 is 66.2. The Hall–Kier alpha value is -2.96. The summed E-state index contributed by atoms with van der Waals surface area (Å²) >= 11 is 0. The van der Waals surface area contributed by atoms with Gasteiger partial charge in [-0.15, -0.1) is 13.2 Å². The number of halogens is 4. The molecule has 0 fully saturated rings. The fourth-order valence-corrected chi connectivity index (χ4v) is 3.36. The van der Waals surface area contributed by atoms with E-state index in [-0.39, 0.29) is 12.4 Å². The Balaban J connectivity index is 1.95. The highest BCUT2D eigenvalue weighted by atomic mass is 19.4. The van der Waals surface area contributed by atoms with Crippen molar-refractivity contribution in [3.8, 4) is 11.5 Å². The van der Waals surface area contributed by atoms with Crippen LogP contribution in [0.15, 0.2) is 41.1 Å². The van der Waals surface area contributed by atoms with Crippen LogP contribution in [0.25, 0.3) is 17.0 Å². The van der Waals surface area contributed by atoms with Crippen LogP contribution in [-0.4, -0.2) is 6.36 Å². The van der Waals surface area contributed by atoms with Gasteiger partial charge in [0.25, 0.3) is 0 Å². The molecule has 0 atom stereocenters. The molecule has 3 rings (SSSR count). The second-order valence-electron chi connectivity index (χ2n) is 7.00. The fraction of sp³-hybridized carbons (Fsp3) is 0.304. The number of fused-ring (bicyclic) bond motifs is 1. The van der Waals surface area contributed by atoms with Gasteiger partial charge in [-0.2, -0.15) is 0 Å². The van der Waals surface area contributed by atoms with Crippen molar-refractivity contribution in [3.05, 3.63) is 64.7 Å².